The smallest absolute Gasteiger partial charge is 0.137 e. The number of para-hydroxylation sites is 1. The molecule has 174 valence electrons. The molecule has 0 amide bonds. The van der Waals surface area contributed by atoms with Gasteiger partial charge < -0.3 is 9.84 Å². The Morgan fingerprint density at radius 3 is 2.47 bits per heavy atom. The summed E-state index contributed by atoms with van der Waals surface area (Å²) in [6, 6.07) is 26.4. The Kier molecular flexibility index (Phi) is 7.71. The van der Waals surface area contributed by atoms with E-state index < -0.39 is 6.10 Å². The van der Waals surface area contributed by atoms with E-state index in [0.29, 0.717) is 32.3 Å². The van der Waals surface area contributed by atoms with Crippen LogP contribution in [0.3, 0.4) is 0 Å². The van der Waals surface area contributed by atoms with Crippen LogP contribution in [0.5, 0.6) is 5.75 Å². The number of nitrogens with zero attached hydrogens (tertiary/aromatic N) is 1. The number of rotatable bonds is 10. The average Bonchev–Trinajstić information content (AvgIpc) is 2.87. The molecule has 4 rings (SSSR count). The fourth-order valence-electron chi connectivity index (χ4n) is 4.17. The van der Waals surface area contributed by atoms with Crippen LogP contribution >= 0.6 is 0 Å². The summed E-state index contributed by atoms with van der Waals surface area (Å²) in [7, 11) is 0. The summed E-state index contributed by atoms with van der Waals surface area (Å²) < 4.78 is 5.91. The first kappa shape index (κ1) is 23.7. The largest absolute Gasteiger partial charge is 0.493 e. The normalized spacial score (nSPS) is 12.0. The molecule has 0 aliphatic carbocycles. The monoisotopic (exact) mass is 453 g/mol. The highest BCUT2D eigenvalue weighted by Crippen LogP contribution is 2.38. The van der Waals surface area contributed by atoms with E-state index in [0.717, 1.165) is 44.6 Å². The second kappa shape index (κ2) is 11.1. The summed E-state index contributed by atoms with van der Waals surface area (Å²) in [4.78, 5) is 17.5. The van der Waals surface area contributed by atoms with E-state index in [1.807, 2.05) is 68.4 Å². The quantitative estimate of drug-likeness (QED) is 0.293. The van der Waals surface area contributed by atoms with Crippen LogP contribution in [0.1, 0.15) is 38.7 Å². The Balaban J connectivity index is 1.75. The van der Waals surface area contributed by atoms with E-state index in [4.69, 9.17) is 9.72 Å². The third-order valence-corrected chi connectivity index (χ3v) is 6.03. The van der Waals surface area contributed by atoms with Gasteiger partial charge in [-0.1, -0.05) is 55.5 Å². The molecule has 4 heteroatoms. The molecular weight excluding hydrogens is 422 g/mol. The molecule has 34 heavy (non-hydrogen) atoms. The van der Waals surface area contributed by atoms with E-state index in [-0.39, 0.29) is 5.78 Å². The van der Waals surface area contributed by atoms with Gasteiger partial charge in [0.2, 0.25) is 0 Å². The Bertz CT molecular complexity index is 1270. The second-order valence-corrected chi connectivity index (χ2v) is 8.52. The molecule has 0 bridgehead atoms. The fourth-order valence-corrected chi connectivity index (χ4v) is 4.17. The van der Waals surface area contributed by atoms with Crippen molar-refractivity contribution in [2.45, 2.75) is 45.6 Å². The molecule has 0 saturated heterocycles. The molecule has 0 aliphatic heterocycles. The molecule has 0 aliphatic rings. The fraction of sp³-hybridized carbons (Fsp3) is 0.267. The number of aliphatic hydroxyl groups is 1. The number of Topliss-reactive ketones (excluding diaryl/α,β-unsaturated/α-hetero) is 1. The van der Waals surface area contributed by atoms with Gasteiger partial charge in [-0.25, -0.2) is 4.98 Å². The zero-order valence-corrected chi connectivity index (χ0v) is 19.8. The Morgan fingerprint density at radius 1 is 0.941 bits per heavy atom. The van der Waals surface area contributed by atoms with Crippen molar-refractivity contribution >= 4 is 16.7 Å². The van der Waals surface area contributed by atoms with Crippen molar-refractivity contribution in [1.29, 1.82) is 0 Å². The van der Waals surface area contributed by atoms with Crippen molar-refractivity contribution in [2.24, 2.45) is 0 Å². The van der Waals surface area contributed by atoms with Gasteiger partial charge in [-0.3, -0.25) is 4.79 Å². The SMILES string of the molecule is CCOc1ccccc1-c1nc2ccc(CC(=O)CCC(O)CC)cc2cc1-c1ccccc1. The maximum absolute atomic E-state index is 12.5. The van der Waals surface area contributed by atoms with Gasteiger partial charge in [0.05, 0.1) is 23.9 Å². The van der Waals surface area contributed by atoms with Crippen LogP contribution in [0.25, 0.3) is 33.3 Å². The Hall–Kier alpha value is -3.50. The molecule has 4 nitrogen and oxygen atoms in total. The molecule has 1 heterocycles. The third-order valence-electron chi connectivity index (χ3n) is 6.03. The lowest BCUT2D eigenvalue weighted by atomic mass is 9.95. The van der Waals surface area contributed by atoms with Gasteiger partial charge >= 0.3 is 0 Å². The summed E-state index contributed by atoms with van der Waals surface area (Å²) in [5.41, 5.74) is 5.77. The lowest BCUT2D eigenvalue weighted by molar-refractivity contribution is -0.119. The number of aliphatic hydroxyl groups excluding tert-OH is 1. The topological polar surface area (TPSA) is 59.4 Å². The minimum atomic E-state index is -0.406. The first-order valence-electron chi connectivity index (χ1n) is 12.0. The molecule has 1 atom stereocenters. The van der Waals surface area contributed by atoms with Crippen LogP contribution in [0.4, 0.5) is 0 Å². The summed E-state index contributed by atoms with van der Waals surface area (Å²) in [6.45, 7) is 4.49. The number of ether oxygens (including phenoxy) is 1. The molecule has 1 N–H and O–H groups in total. The molecule has 0 radical (unpaired) electrons. The zero-order valence-electron chi connectivity index (χ0n) is 19.8. The van der Waals surface area contributed by atoms with E-state index in [1.54, 1.807) is 0 Å². The highest BCUT2D eigenvalue weighted by Gasteiger charge is 2.16. The number of ketones is 1. The predicted octanol–water partition coefficient (Wildman–Crippen LogP) is 6.63. The van der Waals surface area contributed by atoms with Crippen LogP contribution < -0.4 is 4.74 Å². The van der Waals surface area contributed by atoms with Crippen LogP contribution in [0.2, 0.25) is 0 Å². The number of aromatic nitrogens is 1. The van der Waals surface area contributed by atoms with Crippen molar-refractivity contribution < 1.29 is 14.6 Å². The van der Waals surface area contributed by atoms with Crippen molar-refractivity contribution in [2.75, 3.05) is 6.61 Å². The lowest BCUT2D eigenvalue weighted by Gasteiger charge is -2.15. The van der Waals surface area contributed by atoms with Gasteiger partial charge in [0.15, 0.2) is 0 Å². The van der Waals surface area contributed by atoms with Crippen molar-refractivity contribution in [3.05, 3.63) is 84.4 Å². The number of hydrogen-bond donors (Lipinski definition) is 1. The first-order chi connectivity index (χ1) is 16.6. The minimum Gasteiger partial charge on any atom is -0.493 e. The number of pyridine rings is 1. The minimum absolute atomic E-state index is 0.144. The third kappa shape index (κ3) is 5.52. The molecule has 1 unspecified atom stereocenters. The molecule has 0 saturated carbocycles. The summed E-state index contributed by atoms with van der Waals surface area (Å²) in [6.07, 6.45) is 1.54. The standard InChI is InChI=1S/C30H31NO3/c1-3-24(32)15-16-25(33)19-21-14-17-28-23(18-21)20-27(22-10-6-5-7-11-22)30(31-28)26-12-8-9-13-29(26)34-4-2/h5-14,17-18,20,24,32H,3-4,15-16,19H2,1-2H3. The highest BCUT2D eigenvalue weighted by atomic mass is 16.5. The predicted molar refractivity (Wildman–Crippen MR) is 138 cm³/mol. The maximum atomic E-state index is 12.5. The molecule has 0 fully saturated rings. The zero-order chi connectivity index (χ0) is 23.9. The van der Waals surface area contributed by atoms with E-state index >= 15 is 0 Å². The number of benzene rings is 3. The summed E-state index contributed by atoms with van der Waals surface area (Å²) in [5.74, 6) is 0.955. The lowest BCUT2D eigenvalue weighted by Crippen LogP contribution is -2.10. The number of hydrogen-bond acceptors (Lipinski definition) is 4. The molecule has 4 aromatic rings. The molecular formula is C30H31NO3. The maximum Gasteiger partial charge on any atom is 0.137 e. The number of carbonyl (C=O) groups is 1. The van der Waals surface area contributed by atoms with Gasteiger partial charge in [-0.2, -0.15) is 0 Å². The van der Waals surface area contributed by atoms with Crippen molar-refractivity contribution in [1.82, 2.24) is 4.98 Å². The van der Waals surface area contributed by atoms with Gasteiger partial charge in [-0.05, 0) is 61.2 Å². The summed E-state index contributed by atoms with van der Waals surface area (Å²) >= 11 is 0. The van der Waals surface area contributed by atoms with Gasteiger partial charge in [-0.15, -0.1) is 0 Å². The average molecular weight is 454 g/mol. The van der Waals surface area contributed by atoms with E-state index in [1.165, 1.54) is 0 Å². The van der Waals surface area contributed by atoms with Crippen LogP contribution in [-0.4, -0.2) is 28.6 Å². The molecule has 3 aromatic carbocycles. The van der Waals surface area contributed by atoms with E-state index in [9.17, 15) is 9.90 Å². The Morgan fingerprint density at radius 2 is 1.71 bits per heavy atom. The highest BCUT2D eigenvalue weighted by molar-refractivity contribution is 5.93. The van der Waals surface area contributed by atoms with Crippen molar-refractivity contribution in [3.8, 4) is 28.1 Å². The van der Waals surface area contributed by atoms with E-state index in [2.05, 4.69) is 24.3 Å². The first-order valence-corrected chi connectivity index (χ1v) is 12.0. The van der Waals surface area contributed by atoms with Crippen LogP contribution in [0.15, 0.2) is 78.9 Å². The van der Waals surface area contributed by atoms with Gasteiger partial charge in [0.25, 0.3) is 0 Å². The molecule has 0 spiro atoms. The van der Waals surface area contributed by atoms with Crippen molar-refractivity contribution in [3.63, 3.8) is 0 Å². The van der Waals surface area contributed by atoms with Gasteiger partial charge in [0.1, 0.15) is 11.5 Å². The Labute approximate surface area is 201 Å². The number of carbonyl (C=O) groups excluding carboxylic acids is 1. The van der Waals surface area contributed by atoms with Gasteiger partial charge in [0, 0.05) is 29.4 Å². The van der Waals surface area contributed by atoms with Crippen LogP contribution in [-0.2, 0) is 11.2 Å². The number of fused-ring (bicyclic) bond motifs is 1. The van der Waals surface area contributed by atoms with Crippen LogP contribution in [0, 0.1) is 0 Å². The molecule has 1 aromatic heterocycles. The summed E-state index contributed by atoms with van der Waals surface area (Å²) in [5, 5.41) is 10.8. The second-order valence-electron chi connectivity index (χ2n) is 8.52.